The van der Waals surface area contributed by atoms with Gasteiger partial charge in [-0.1, -0.05) is 24.9 Å². The van der Waals surface area contributed by atoms with E-state index in [9.17, 15) is 4.79 Å². The van der Waals surface area contributed by atoms with Gasteiger partial charge in [-0.3, -0.25) is 0 Å². The molecule has 0 aliphatic carbocycles. The third kappa shape index (κ3) is 5.32. The molecule has 2 aromatic rings. The lowest BCUT2D eigenvalue weighted by atomic mass is 9.84. The van der Waals surface area contributed by atoms with Crippen LogP contribution in [0.25, 0.3) is 0 Å². The van der Waals surface area contributed by atoms with E-state index in [1.54, 1.807) is 17.0 Å². The van der Waals surface area contributed by atoms with Gasteiger partial charge in [0.15, 0.2) is 5.82 Å². The van der Waals surface area contributed by atoms with Crippen molar-refractivity contribution in [2.24, 2.45) is 11.8 Å². The van der Waals surface area contributed by atoms with Crippen LogP contribution in [0, 0.1) is 29.0 Å². The molecule has 2 bridgehead atoms. The van der Waals surface area contributed by atoms with Crippen molar-refractivity contribution in [1.29, 1.82) is 5.26 Å². The number of fused-ring (bicyclic) bond motifs is 2. The Labute approximate surface area is 201 Å². The second kappa shape index (κ2) is 10.8. The standard InChI is InChI=1S/C23H25ClFN5O4/c1-2-3-6-33-23(31)30-9-15-11-32-12-16(10-30)20(15)34-22-19(25)21(27-13-28-22)29-18-5-4-14(8-26)7-17(18)24/h4-5,7,13,15-16,20H,2-3,6,9-12H2,1H3,(H,27,28,29). The van der Waals surface area contributed by atoms with Crippen molar-refractivity contribution in [2.45, 2.75) is 25.9 Å². The Hall–Kier alpha value is -3.16. The summed E-state index contributed by atoms with van der Waals surface area (Å²) in [6.07, 6.45) is 2.25. The topological polar surface area (TPSA) is 110 Å². The van der Waals surface area contributed by atoms with Crippen molar-refractivity contribution in [3.63, 3.8) is 0 Å². The van der Waals surface area contributed by atoms with Gasteiger partial charge in [0.1, 0.15) is 12.4 Å². The third-order valence-corrected chi connectivity index (χ3v) is 6.15. The lowest BCUT2D eigenvalue weighted by Crippen LogP contribution is -2.58. The fourth-order valence-electron chi connectivity index (χ4n) is 4.10. The molecule has 1 amide bonds. The van der Waals surface area contributed by atoms with Gasteiger partial charge in [0.2, 0.25) is 5.82 Å². The van der Waals surface area contributed by atoms with E-state index in [1.807, 2.05) is 13.0 Å². The molecule has 0 spiro atoms. The molecular formula is C23H25ClFN5O4. The number of piperidine rings is 1. The monoisotopic (exact) mass is 489 g/mol. The first-order valence-electron chi connectivity index (χ1n) is 11.1. The van der Waals surface area contributed by atoms with Crippen LogP contribution in [-0.4, -0.2) is 60.0 Å². The van der Waals surface area contributed by atoms with E-state index in [0.29, 0.717) is 44.2 Å². The molecule has 2 aliphatic heterocycles. The minimum absolute atomic E-state index is 0.102. The van der Waals surface area contributed by atoms with Crippen molar-refractivity contribution in [2.75, 3.05) is 38.2 Å². The Bertz CT molecular complexity index is 1070. The van der Waals surface area contributed by atoms with Gasteiger partial charge in [-0.25, -0.2) is 9.78 Å². The van der Waals surface area contributed by atoms with Crippen LogP contribution in [0.5, 0.6) is 5.88 Å². The molecule has 2 aliphatic rings. The van der Waals surface area contributed by atoms with Gasteiger partial charge in [-0.15, -0.1) is 0 Å². The lowest BCUT2D eigenvalue weighted by Gasteiger charge is -2.45. The zero-order valence-electron chi connectivity index (χ0n) is 18.7. The second-order valence-electron chi connectivity index (χ2n) is 8.29. The number of hydrogen-bond donors (Lipinski definition) is 1. The number of aromatic nitrogens is 2. The van der Waals surface area contributed by atoms with Crippen molar-refractivity contribution < 1.29 is 23.4 Å². The number of ether oxygens (including phenoxy) is 3. The Morgan fingerprint density at radius 3 is 2.79 bits per heavy atom. The number of amides is 1. The van der Waals surface area contributed by atoms with Crippen LogP contribution in [0.4, 0.5) is 20.7 Å². The number of carbonyl (C=O) groups excluding carboxylic acids is 1. The third-order valence-electron chi connectivity index (χ3n) is 5.84. The minimum atomic E-state index is -0.761. The molecule has 2 fully saturated rings. The minimum Gasteiger partial charge on any atom is -0.471 e. The molecule has 2 saturated heterocycles. The van der Waals surface area contributed by atoms with Crippen LogP contribution in [-0.2, 0) is 9.47 Å². The molecule has 3 heterocycles. The number of unbranched alkanes of at least 4 members (excludes halogenated alkanes) is 1. The van der Waals surface area contributed by atoms with Gasteiger partial charge in [0.05, 0.1) is 42.2 Å². The summed E-state index contributed by atoms with van der Waals surface area (Å²) >= 11 is 6.18. The maximum absolute atomic E-state index is 15.2. The maximum Gasteiger partial charge on any atom is 0.409 e. The molecule has 1 aromatic carbocycles. The van der Waals surface area contributed by atoms with Gasteiger partial charge in [0.25, 0.3) is 5.88 Å². The van der Waals surface area contributed by atoms with E-state index in [1.165, 1.54) is 12.4 Å². The Morgan fingerprint density at radius 2 is 2.12 bits per heavy atom. The van der Waals surface area contributed by atoms with Crippen LogP contribution < -0.4 is 10.1 Å². The van der Waals surface area contributed by atoms with Gasteiger partial charge < -0.3 is 24.4 Å². The number of nitrogens with zero attached hydrogens (tertiary/aromatic N) is 4. The number of rotatable bonds is 7. The highest BCUT2D eigenvalue weighted by atomic mass is 35.5. The number of hydrogen-bond acceptors (Lipinski definition) is 8. The van der Waals surface area contributed by atoms with Gasteiger partial charge in [0, 0.05) is 24.9 Å². The number of carbonyl (C=O) groups is 1. The molecule has 1 aromatic heterocycles. The summed E-state index contributed by atoms with van der Waals surface area (Å²) in [6, 6.07) is 6.60. The Morgan fingerprint density at radius 1 is 1.35 bits per heavy atom. The number of halogens is 2. The van der Waals surface area contributed by atoms with Gasteiger partial charge in [-0.2, -0.15) is 14.6 Å². The predicted molar refractivity (Wildman–Crippen MR) is 121 cm³/mol. The van der Waals surface area contributed by atoms with Crippen LogP contribution in [0.3, 0.4) is 0 Å². The van der Waals surface area contributed by atoms with Crippen LogP contribution in [0.1, 0.15) is 25.3 Å². The zero-order chi connectivity index (χ0) is 24.1. The maximum atomic E-state index is 15.2. The summed E-state index contributed by atoms with van der Waals surface area (Å²) in [5.41, 5.74) is 0.779. The van der Waals surface area contributed by atoms with E-state index in [-0.39, 0.29) is 40.8 Å². The molecule has 180 valence electrons. The number of nitriles is 1. The fraction of sp³-hybridized carbons (Fsp3) is 0.478. The number of likely N-dealkylation sites (tertiary alicyclic amines) is 1. The number of nitrogens with one attached hydrogen (secondary N) is 1. The molecule has 2 atom stereocenters. The largest absolute Gasteiger partial charge is 0.471 e. The highest BCUT2D eigenvalue weighted by molar-refractivity contribution is 6.33. The molecule has 4 rings (SSSR count). The lowest BCUT2D eigenvalue weighted by molar-refractivity contribution is -0.110. The molecule has 2 unspecified atom stereocenters. The van der Waals surface area contributed by atoms with E-state index < -0.39 is 5.82 Å². The normalized spacial score (nSPS) is 21.5. The number of benzene rings is 1. The summed E-state index contributed by atoms with van der Waals surface area (Å²) in [5.74, 6) is -1.35. The first-order chi connectivity index (χ1) is 16.5. The highest BCUT2D eigenvalue weighted by Crippen LogP contribution is 2.34. The zero-order valence-corrected chi connectivity index (χ0v) is 19.4. The second-order valence-corrected chi connectivity index (χ2v) is 8.69. The van der Waals surface area contributed by atoms with Crippen molar-refractivity contribution in [3.8, 4) is 11.9 Å². The average molecular weight is 490 g/mol. The summed E-state index contributed by atoms with van der Waals surface area (Å²) in [4.78, 5) is 22.0. The van der Waals surface area contributed by atoms with Crippen LogP contribution >= 0.6 is 11.6 Å². The summed E-state index contributed by atoms with van der Waals surface area (Å²) in [7, 11) is 0. The van der Waals surface area contributed by atoms with Crippen LogP contribution in [0.15, 0.2) is 24.5 Å². The SMILES string of the molecule is CCCCOC(=O)N1CC2COCC(C1)C2Oc1ncnc(Nc2ccc(C#N)cc2Cl)c1F. The smallest absolute Gasteiger partial charge is 0.409 e. The van der Waals surface area contributed by atoms with E-state index in [4.69, 9.17) is 31.1 Å². The number of anilines is 2. The molecule has 34 heavy (non-hydrogen) atoms. The molecule has 0 saturated carbocycles. The van der Waals surface area contributed by atoms with E-state index >= 15 is 4.39 Å². The molecular weight excluding hydrogens is 465 g/mol. The van der Waals surface area contributed by atoms with Gasteiger partial charge in [-0.05, 0) is 24.6 Å². The average Bonchev–Trinajstić information content (AvgIpc) is 2.82. The Balaban J connectivity index is 1.46. The first-order valence-corrected chi connectivity index (χ1v) is 11.5. The fourth-order valence-corrected chi connectivity index (χ4v) is 4.33. The van der Waals surface area contributed by atoms with Crippen molar-refractivity contribution in [1.82, 2.24) is 14.9 Å². The summed E-state index contributed by atoms with van der Waals surface area (Å²) in [6.45, 7) is 3.99. The van der Waals surface area contributed by atoms with Crippen LogP contribution in [0.2, 0.25) is 5.02 Å². The Kier molecular flexibility index (Phi) is 7.65. The molecule has 11 heteroatoms. The quantitative estimate of drug-likeness (QED) is 0.578. The van der Waals surface area contributed by atoms with E-state index in [0.717, 1.165) is 12.8 Å². The van der Waals surface area contributed by atoms with E-state index in [2.05, 4.69) is 15.3 Å². The highest BCUT2D eigenvalue weighted by Gasteiger charge is 2.44. The predicted octanol–water partition coefficient (Wildman–Crippen LogP) is 4.15. The molecule has 9 nitrogen and oxygen atoms in total. The summed E-state index contributed by atoms with van der Waals surface area (Å²) in [5, 5.41) is 12.1. The molecule has 1 N–H and O–H groups in total. The first kappa shape index (κ1) is 24.0. The van der Waals surface area contributed by atoms with Gasteiger partial charge >= 0.3 is 6.09 Å². The molecule has 0 radical (unpaired) electrons. The van der Waals surface area contributed by atoms with Crippen molar-refractivity contribution in [3.05, 3.63) is 40.9 Å². The van der Waals surface area contributed by atoms with Crippen molar-refractivity contribution >= 4 is 29.2 Å². The summed E-state index contributed by atoms with van der Waals surface area (Å²) < 4.78 is 32.2.